The molecule has 0 bridgehead atoms. The lowest BCUT2D eigenvalue weighted by Gasteiger charge is -2.30. The first-order valence-electron chi connectivity index (χ1n) is 5.17. The molecule has 0 unspecified atom stereocenters. The number of rotatable bonds is 1. The van der Waals surface area contributed by atoms with Crippen molar-refractivity contribution in [1.82, 2.24) is 0 Å². The highest BCUT2D eigenvalue weighted by atomic mass is 16.5. The molecule has 0 amide bonds. The summed E-state index contributed by atoms with van der Waals surface area (Å²) in [5.74, 6) is 0. The SMILES string of the molecule is Cc1cc(N)c(N)cc1N1CCOCC1. The van der Waals surface area contributed by atoms with E-state index in [0.29, 0.717) is 11.4 Å². The zero-order valence-electron chi connectivity index (χ0n) is 8.99. The standard InChI is InChI=1S/C11H17N3O/c1-8-6-9(12)10(13)7-11(8)14-2-4-15-5-3-14/h6-7H,2-5,12-13H2,1H3. The van der Waals surface area contributed by atoms with E-state index in [1.165, 1.54) is 11.3 Å². The molecule has 82 valence electrons. The summed E-state index contributed by atoms with van der Waals surface area (Å²) in [6.45, 7) is 5.46. The molecule has 0 spiro atoms. The van der Waals surface area contributed by atoms with Gasteiger partial charge in [0.05, 0.1) is 24.6 Å². The highest BCUT2D eigenvalue weighted by Crippen LogP contribution is 2.28. The summed E-state index contributed by atoms with van der Waals surface area (Å²) in [5.41, 5.74) is 15.2. The molecule has 1 fully saturated rings. The highest BCUT2D eigenvalue weighted by Gasteiger charge is 2.14. The third-order valence-corrected chi connectivity index (χ3v) is 2.75. The Labute approximate surface area is 89.8 Å². The first-order valence-corrected chi connectivity index (χ1v) is 5.17. The van der Waals surface area contributed by atoms with E-state index in [4.69, 9.17) is 16.2 Å². The molecule has 0 aliphatic carbocycles. The summed E-state index contributed by atoms with van der Waals surface area (Å²) in [7, 11) is 0. The summed E-state index contributed by atoms with van der Waals surface area (Å²) in [4.78, 5) is 2.29. The quantitative estimate of drug-likeness (QED) is 0.674. The molecule has 1 heterocycles. The van der Waals surface area contributed by atoms with E-state index in [-0.39, 0.29) is 0 Å². The number of hydrogen-bond donors (Lipinski definition) is 2. The van der Waals surface area contributed by atoms with Gasteiger partial charge in [-0.3, -0.25) is 0 Å². The molecule has 4 heteroatoms. The summed E-state index contributed by atoms with van der Waals surface area (Å²) in [6.07, 6.45) is 0. The third kappa shape index (κ3) is 1.99. The predicted molar refractivity (Wildman–Crippen MR) is 63.0 cm³/mol. The van der Waals surface area contributed by atoms with Gasteiger partial charge >= 0.3 is 0 Å². The lowest BCUT2D eigenvalue weighted by atomic mass is 10.1. The molecule has 1 aromatic rings. The molecule has 4 N–H and O–H groups in total. The molecular formula is C11H17N3O. The fourth-order valence-electron chi connectivity index (χ4n) is 1.88. The maximum atomic E-state index is 5.81. The minimum atomic E-state index is 0.655. The number of aryl methyl sites for hydroxylation is 1. The van der Waals surface area contributed by atoms with Crippen LogP contribution >= 0.6 is 0 Å². The van der Waals surface area contributed by atoms with Crippen molar-refractivity contribution in [3.8, 4) is 0 Å². The summed E-state index contributed by atoms with van der Waals surface area (Å²) in [6, 6.07) is 3.89. The van der Waals surface area contributed by atoms with Crippen LogP contribution in [0, 0.1) is 6.92 Å². The molecule has 0 aromatic heterocycles. The van der Waals surface area contributed by atoms with Crippen molar-refractivity contribution >= 4 is 17.1 Å². The van der Waals surface area contributed by atoms with Crippen molar-refractivity contribution in [1.29, 1.82) is 0 Å². The molecule has 0 saturated carbocycles. The van der Waals surface area contributed by atoms with Crippen molar-refractivity contribution in [2.24, 2.45) is 0 Å². The number of nitrogens with two attached hydrogens (primary N) is 2. The monoisotopic (exact) mass is 207 g/mol. The second-order valence-electron chi connectivity index (χ2n) is 3.87. The maximum absolute atomic E-state index is 5.81. The number of nitrogen functional groups attached to an aromatic ring is 2. The number of morpholine rings is 1. The number of benzene rings is 1. The van der Waals surface area contributed by atoms with Crippen LogP contribution in [-0.2, 0) is 4.74 Å². The van der Waals surface area contributed by atoms with Crippen LogP contribution in [0.15, 0.2) is 12.1 Å². The normalized spacial score (nSPS) is 16.7. The Hall–Kier alpha value is -1.42. The Balaban J connectivity index is 2.30. The van der Waals surface area contributed by atoms with Gasteiger partial charge in [-0.1, -0.05) is 0 Å². The maximum Gasteiger partial charge on any atom is 0.0642 e. The van der Waals surface area contributed by atoms with Crippen LogP contribution < -0.4 is 16.4 Å². The lowest BCUT2D eigenvalue weighted by Crippen LogP contribution is -2.36. The fourth-order valence-corrected chi connectivity index (χ4v) is 1.88. The minimum Gasteiger partial charge on any atom is -0.397 e. The topological polar surface area (TPSA) is 64.5 Å². The average Bonchev–Trinajstić information content (AvgIpc) is 2.25. The van der Waals surface area contributed by atoms with Gasteiger partial charge in [-0.25, -0.2) is 0 Å². The first kappa shape index (κ1) is 10.1. The fraction of sp³-hybridized carbons (Fsp3) is 0.455. The molecule has 1 aromatic carbocycles. The van der Waals surface area contributed by atoms with Gasteiger partial charge in [-0.15, -0.1) is 0 Å². The molecule has 4 nitrogen and oxygen atoms in total. The molecule has 15 heavy (non-hydrogen) atoms. The number of anilines is 3. The molecule has 2 rings (SSSR count). The van der Waals surface area contributed by atoms with E-state index >= 15 is 0 Å². The van der Waals surface area contributed by atoms with Gasteiger partial charge in [-0.2, -0.15) is 0 Å². The van der Waals surface area contributed by atoms with Crippen molar-refractivity contribution in [3.63, 3.8) is 0 Å². The van der Waals surface area contributed by atoms with Gasteiger partial charge in [-0.05, 0) is 24.6 Å². The first-order chi connectivity index (χ1) is 7.18. The van der Waals surface area contributed by atoms with Crippen molar-refractivity contribution in [2.45, 2.75) is 6.92 Å². The molecular weight excluding hydrogens is 190 g/mol. The van der Waals surface area contributed by atoms with Crippen molar-refractivity contribution in [3.05, 3.63) is 17.7 Å². The third-order valence-electron chi connectivity index (χ3n) is 2.75. The van der Waals surface area contributed by atoms with Gasteiger partial charge in [0.15, 0.2) is 0 Å². The van der Waals surface area contributed by atoms with E-state index in [1.54, 1.807) is 0 Å². The molecule has 1 saturated heterocycles. The van der Waals surface area contributed by atoms with Gasteiger partial charge in [0.25, 0.3) is 0 Å². The zero-order chi connectivity index (χ0) is 10.8. The van der Waals surface area contributed by atoms with Crippen LogP contribution in [0.25, 0.3) is 0 Å². The van der Waals surface area contributed by atoms with Crippen LogP contribution in [-0.4, -0.2) is 26.3 Å². The van der Waals surface area contributed by atoms with Crippen molar-refractivity contribution < 1.29 is 4.74 Å². The average molecular weight is 207 g/mol. The largest absolute Gasteiger partial charge is 0.397 e. The summed E-state index contributed by atoms with van der Waals surface area (Å²) in [5, 5.41) is 0. The molecule has 1 aliphatic rings. The van der Waals surface area contributed by atoms with E-state index in [0.717, 1.165) is 26.3 Å². The second kappa shape index (κ2) is 3.98. The smallest absolute Gasteiger partial charge is 0.0642 e. The van der Waals surface area contributed by atoms with E-state index < -0.39 is 0 Å². The Morgan fingerprint density at radius 1 is 1.13 bits per heavy atom. The van der Waals surface area contributed by atoms with Crippen LogP contribution in [0.1, 0.15) is 5.56 Å². The van der Waals surface area contributed by atoms with Crippen LogP contribution in [0.2, 0.25) is 0 Å². The van der Waals surface area contributed by atoms with Gasteiger partial charge in [0, 0.05) is 18.8 Å². The Morgan fingerprint density at radius 3 is 2.40 bits per heavy atom. The van der Waals surface area contributed by atoms with Gasteiger partial charge < -0.3 is 21.1 Å². The summed E-state index contributed by atoms with van der Waals surface area (Å²) < 4.78 is 5.32. The Kier molecular flexibility index (Phi) is 2.68. The Morgan fingerprint density at radius 2 is 1.73 bits per heavy atom. The van der Waals surface area contributed by atoms with Gasteiger partial charge in [0.1, 0.15) is 0 Å². The second-order valence-corrected chi connectivity index (χ2v) is 3.87. The van der Waals surface area contributed by atoms with Crippen molar-refractivity contribution in [2.75, 3.05) is 42.7 Å². The highest BCUT2D eigenvalue weighted by molar-refractivity contribution is 5.73. The van der Waals surface area contributed by atoms with E-state index in [1.807, 2.05) is 12.1 Å². The molecule has 0 radical (unpaired) electrons. The van der Waals surface area contributed by atoms with Crippen LogP contribution in [0.3, 0.4) is 0 Å². The Bertz CT molecular complexity index is 359. The van der Waals surface area contributed by atoms with Gasteiger partial charge in [0.2, 0.25) is 0 Å². The molecule has 1 aliphatic heterocycles. The van der Waals surface area contributed by atoms with E-state index in [2.05, 4.69) is 11.8 Å². The summed E-state index contributed by atoms with van der Waals surface area (Å²) >= 11 is 0. The number of ether oxygens (including phenoxy) is 1. The molecule has 0 atom stereocenters. The van der Waals surface area contributed by atoms with E-state index in [9.17, 15) is 0 Å². The predicted octanol–water partition coefficient (Wildman–Crippen LogP) is 0.996. The van der Waals surface area contributed by atoms with Crippen LogP contribution in [0.4, 0.5) is 17.1 Å². The zero-order valence-corrected chi connectivity index (χ0v) is 8.99. The minimum absolute atomic E-state index is 0.655. The number of nitrogens with zero attached hydrogens (tertiary/aromatic N) is 1. The lowest BCUT2D eigenvalue weighted by molar-refractivity contribution is 0.122. The van der Waals surface area contributed by atoms with Crippen LogP contribution in [0.5, 0.6) is 0 Å². The number of hydrogen-bond acceptors (Lipinski definition) is 4.